The number of hydrogen-bond acceptors (Lipinski definition) is 3. The molecule has 0 aliphatic carbocycles. The van der Waals surface area contributed by atoms with E-state index in [-0.39, 0.29) is 16.0 Å². The minimum atomic E-state index is -4.42. The molecule has 1 amide bonds. The lowest BCUT2D eigenvalue weighted by atomic mass is 10.1. The summed E-state index contributed by atoms with van der Waals surface area (Å²) in [6, 6.07) is 3.29. The number of carbonyl (C=O) groups is 1. The molecule has 0 bridgehead atoms. The number of halogens is 3. The van der Waals surface area contributed by atoms with E-state index in [1.807, 2.05) is 0 Å². The smallest absolute Gasteiger partial charge is 0.370 e. The molecule has 0 saturated carbocycles. The zero-order chi connectivity index (χ0) is 17.1. The lowest BCUT2D eigenvalue weighted by Crippen LogP contribution is -2.24. The van der Waals surface area contributed by atoms with E-state index < -0.39 is 40.7 Å². The predicted molar refractivity (Wildman–Crippen MR) is 74.1 cm³/mol. The highest BCUT2D eigenvalue weighted by Crippen LogP contribution is 2.26. The third kappa shape index (κ3) is 5.35. The molecule has 0 saturated heterocycles. The van der Waals surface area contributed by atoms with E-state index in [9.17, 15) is 26.4 Å². The fraction of sp³-hybridized carbons (Fsp3) is 0.333. The summed E-state index contributed by atoms with van der Waals surface area (Å²) in [5.74, 6) is -1.39. The van der Waals surface area contributed by atoms with Crippen LogP contribution in [0.5, 0.6) is 0 Å². The Labute approximate surface area is 124 Å². The second-order valence-electron chi connectivity index (χ2n) is 4.55. The van der Waals surface area contributed by atoms with Crippen molar-refractivity contribution < 1.29 is 26.4 Å². The first-order chi connectivity index (χ1) is 9.90. The van der Waals surface area contributed by atoms with Crippen molar-refractivity contribution >= 4 is 21.7 Å². The molecule has 122 valence electrons. The standard InChI is InChI=1S/C12H14F3N3O3S/c1-22(20,21)9-6-8(10(19)18-11(16)17)3-2-7(9)4-5-12(13,14)15/h2-3,6H,4-5H2,1H3,(H4,16,17,18,19). The topological polar surface area (TPSA) is 116 Å². The van der Waals surface area contributed by atoms with E-state index in [2.05, 4.69) is 4.99 Å². The SMILES string of the molecule is CS(=O)(=O)c1cc(C(=O)N=C(N)N)ccc1CCC(F)(F)F. The normalized spacial score (nSPS) is 12.0. The fourth-order valence-corrected chi connectivity index (χ4v) is 2.68. The zero-order valence-corrected chi connectivity index (χ0v) is 12.3. The molecule has 0 aromatic heterocycles. The Morgan fingerprint density at radius 1 is 1.27 bits per heavy atom. The number of carbonyl (C=O) groups excluding carboxylic acids is 1. The van der Waals surface area contributed by atoms with Crippen molar-refractivity contribution in [2.75, 3.05) is 6.26 Å². The van der Waals surface area contributed by atoms with Crippen LogP contribution in [0.15, 0.2) is 28.1 Å². The Hall–Kier alpha value is -2.10. The Kier molecular flexibility index (Phi) is 5.17. The molecular formula is C12H14F3N3O3S. The van der Waals surface area contributed by atoms with Crippen molar-refractivity contribution in [2.45, 2.75) is 23.9 Å². The Bertz CT molecular complexity index is 708. The maximum Gasteiger partial charge on any atom is 0.389 e. The van der Waals surface area contributed by atoms with E-state index in [1.165, 1.54) is 6.07 Å². The first-order valence-electron chi connectivity index (χ1n) is 5.94. The van der Waals surface area contributed by atoms with Gasteiger partial charge in [-0.05, 0) is 24.1 Å². The summed E-state index contributed by atoms with van der Waals surface area (Å²) in [5, 5.41) is 0. The minimum Gasteiger partial charge on any atom is -0.370 e. The summed E-state index contributed by atoms with van der Waals surface area (Å²) < 4.78 is 60.2. The van der Waals surface area contributed by atoms with Crippen molar-refractivity contribution in [3.8, 4) is 0 Å². The molecule has 1 aromatic rings. The van der Waals surface area contributed by atoms with Gasteiger partial charge in [-0.2, -0.15) is 18.2 Å². The average molecular weight is 337 g/mol. The summed E-state index contributed by atoms with van der Waals surface area (Å²) in [6.45, 7) is 0. The number of hydrogen-bond donors (Lipinski definition) is 2. The molecule has 0 heterocycles. The van der Waals surface area contributed by atoms with Gasteiger partial charge in [-0.25, -0.2) is 8.42 Å². The Morgan fingerprint density at radius 2 is 1.86 bits per heavy atom. The number of alkyl halides is 3. The van der Waals surface area contributed by atoms with Gasteiger partial charge in [0.25, 0.3) is 5.91 Å². The van der Waals surface area contributed by atoms with Crippen LogP contribution in [0.25, 0.3) is 0 Å². The molecule has 6 nitrogen and oxygen atoms in total. The van der Waals surface area contributed by atoms with Gasteiger partial charge in [-0.1, -0.05) is 6.07 Å². The zero-order valence-electron chi connectivity index (χ0n) is 11.5. The number of rotatable bonds is 4. The van der Waals surface area contributed by atoms with Crippen molar-refractivity contribution in [1.29, 1.82) is 0 Å². The lowest BCUT2D eigenvalue weighted by molar-refractivity contribution is -0.134. The number of nitrogens with zero attached hydrogens (tertiary/aromatic N) is 1. The van der Waals surface area contributed by atoms with Crippen molar-refractivity contribution in [2.24, 2.45) is 16.5 Å². The van der Waals surface area contributed by atoms with Gasteiger partial charge < -0.3 is 11.5 Å². The molecule has 1 rings (SSSR count). The summed E-state index contributed by atoms with van der Waals surface area (Å²) in [6.07, 6.45) is -5.25. The van der Waals surface area contributed by atoms with Crippen molar-refractivity contribution in [3.63, 3.8) is 0 Å². The molecule has 0 fully saturated rings. The molecular weight excluding hydrogens is 323 g/mol. The quantitative estimate of drug-likeness (QED) is 0.628. The number of amides is 1. The van der Waals surface area contributed by atoms with E-state index >= 15 is 0 Å². The highest BCUT2D eigenvalue weighted by Gasteiger charge is 2.28. The third-order valence-corrected chi connectivity index (χ3v) is 3.80. The Morgan fingerprint density at radius 3 is 2.32 bits per heavy atom. The van der Waals surface area contributed by atoms with E-state index in [1.54, 1.807) is 0 Å². The van der Waals surface area contributed by atoms with Crippen LogP contribution in [0.2, 0.25) is 0 Å². The number of guanidine groups is 1. The van der Waals surface area contributed by atoms with Crippen LogP contribution >= 0.6 is 0 Å². The van der Waals surface area contributed by atoms with Crippen LogP contribution in [-0.2, 0) is 16.3 Å². The molecule has 22 heavy (non-hydrogen) atoms. The molecule has 0 atom stereocenters. The van der Waals surface area contributed by atoms with E-state index in [4.69, 9.17) is 11.5 Å². The van der Waals surface area contributed by atoms with Crippen LogP contribution in [0.1, 0.15) is 22.3 Å². The van der Waals surface area contributed by atoms with Gasteiger partial charge in [-0.15, -0.1) is 0 Å². The number of benzene rings is 1. The largest absolute Gasteiger partial charge is 0.389 e. The van der Waals surface area contributed by atoms with Crippen molar-refractivity contribution in [3.05, 3.63) is 29.3 Å². The van der Waals surface area contributed by atoms with Gasteiger partial charge >= 0.3 is 6.18 Å². The van der Waals surface area contributed by atoms with Gasteiger partial charge in [0, 0.05) is 18.2 Å². The molecule has 0 aliphatic heterocycles. The van der Waals surface area contributed by atoms with Crippen LogP contribution < -0.4 is 11.5 Å². The number of nitrogens with two attached hydrogens (primary N) is 2. The molecule has 0 radical (unpaired) electrons. The maximum absolute atomic E-state index is 12.3. The van der Waals surface area contributed by atoms with Crippen molar-refractivity contribution in [1.82, 2.24) is 0 Å². The average Bonchev–Trinajstić information content (AvgIpc) is 2.33. The van der Waals surface area contributed by atoms with E-state index in [0.29, 0.717) is 0 Å². The summed E-state index contributed by atoms with van der Waals surface area (Å²) in [7, 11) is -3.82. The highest BCUT2D eigenvalue weighted by molar-refractivity contribution is 7.90. The first-order valence-corrected chi connectivity index (χ1v) is 7.83. The Balaban J connectivity index is 3.26. The molecule has 0 spiro atoms. The van der Waals surface area contributed by atoms with Gasteiger partial charge in [0.05, 0.1) is 4.90 Å². The van der Waals surface area contributed by atoms with Crippen LogP contribution in [0.3, 0.4) is 0 Å². The number of aryl methyl sites for hydroxylation is 1. The summed E-state index contributed by atoms with van der Waals surface area (Å²) in [5.41, 5.74) is 9.93. The fourth-order valence-electron chi connectivity index (χ4n) is 1.70. The van der Waals surface area contributed by atoms with Crippen LogP contribution in [-0.4, -0.2) is 32.7 Å². The van der Waals surface area contributed by atoms with Gasteiger partial charge in [0.1, 0.15) is 0 Å². The minimum absolute atomic E-state index is 0.0268. The molecule has 0 aliphatic rings. The predicted octanol–water partition coefficient (Wildman–Crippen LogP) is 0.999. The van der Waals surface area contributed by atoms with Crippen LogP contribution in [0, 0.1) is 0 Å². The molecule has 0 unspecified atom stereocenters. The summed E-state index contributed by atoms with van der Waals surface area (Å²) in [4.78, 5) is 14.5. The molecule has 1 aromatic carbocycles. The lowest BCUT2D eigenvalue weighted by Gasteiger charge is -2.11. The highest BCUT2D eigenvalue weighted by atomic mass is 32.2. The second-order valence-corrected chi connectivity index (χ2v) is 6.54. The monoisotopic (exact) mass is 337 g/mol. The van der Waals surface area contributed by atoms with Crippen LogP contribution in [0.4, 0.5) is 13.2 Å². The number of aliphatic imine (C=N–C) groups is 1. The molecule has 10 heteroatoms. The summed E-state index contributed by atoms with van der Waals surface area (Å²) >= 11 is 0. The van der Waals surface area contributed by atoms with Gasteiger partial charge in [0.2, 0.25) is 0 Å². The first kappa shape index (κ1) is 18.0. The van der Waals surface area contributed by atoms with Gasteiger partial charge in [-0.3, -0.25) is 4.79 Å². The number of sulfone groups is 1. The van der Waals surface area contributed by atoms with Gasteiger partial charge in [0.15, 0.2) is 15.8 Å². The second kappa shape index (κ2) is 6.34. The van der Waals surface area contributed by atoms with E-state index in [0.717, 1.165) is 18.4 Å². The third-order valence-electron chi connectivity index (χ3n) is 2.62. The maximum atomic E-state index is 12.3. The molecule has 4 N–H and O–H groups in total.